The first-order chi connectivity index (χ1) is 10.1. The van der Waals surface area contributed by atoms with E-state index in [2.05, 4.69) is 41.2 Å². The molecule has 0 saturated carbocycles. The van der Waals surface area contributed by atoms with Gasteiger partial charge in [-0.2, -0.15) is 0 Å². The summed E-state index contributed by atoms with van der Waals surface area (Å²) in [6, 6.07) is 13.3. The summed E-state index contributed by atoms with van der Waals surface area (Å²) >= 11 is 3.51. The molecule has 0 heterocycles. The number of rotatable bonds is 6. The van der Waals surface area contributed by atoms with Crippen LogP contribution in [-0.4, -0.2) is 11.7 Å². The molecule has 2 aromatic rings. The third kappa shape index (κ3) is 4.48. The summed E-state index contributed by atoms with van der Waals surface area (Å²) in [6.45, 7) is 5.60. The molecule has 112 valence electrons. The Labute approximate surface area is 134 Å². The van der Waals surface area contributed by atoms with Crippen LogP contribution in [0.15, 0.2) is 46.9 Å². The van der Waals surface area contributed by atoms with Crippen molar-refractivity contribution in [1.82, 2.24) is 5.32 Å². The van der Waals surface area contributed by atoms with Gasteiger partial charge in [-0.05, 0) is 49.4 Å². The summed E-state index contributed by atoms with van der Waals surface area (Å²) in [6.07, 6.45) is 0. The first-order valence-corrected chi connectivity index (χ1v) is 7.83. The molecule has 2 rings (SSSR count). The van der Waals surface area contributed by atoms with E-state index in [1.807, 2.05) is 24.3 Å². The van der Waals surface area contributed by atoms with Gasteiger partial charge in [-0.1, -0.05) is 35.0 Å². The van der Waals surface area contributed by atoms with Gasteiger partial charge in [0, 0.05) is 16.1 Å². The van der Waals surface area contributed by atoms with Crippen LogP contribution in [0, 0.1) is 0 Å². The molecule has 0 saturated heterocycles. The molecule has 21 heavy (non-hydrogen) atoms. The molecule has 4 heteroatoms. The number of hydrogen-bond donors (Lipinski definition) is 2. The maximum absolute atomic E-state index is 9.29. The second-order valence-electron chi connectivity index (χ2n) is 4.92. The zero-order chi connectivity index (χ0) is 15.2. The molecule has 0 aromatic heterocycles. The second kappa shape index (κ2) is 7.48. The van der Waals surface area contributed by atoms with Crippen molar-refractivity contribution in [2.45, 2.75) is 26.5 Å². The number of benzene rings is 2. The highest BCUT2D eigenvalue weighted by molar-refractivity contribution is 9.10. The molecule has 0 aliphatic heterocycles. The fourth-order valence-corrected chi connectivity index (χ4v) is 2.54. The Kier molecular flexibility index (Phi) is 5.65. The van der Waals surface area contributed by atoms with Gasteiger partial charge in [-0.25, -0.2) is 0 Å². The lowest BCUT2D eigenvalue weighted by atomic mass is 10.1. The van der Waals surface area contributed by atoms with Crippen LogP contribution >= 0.6 is 15.9 Å². The molecular weight excluding hydrogens is 330 g/mol. The predicted molar refractivity (Wildman–Crippen MR) is 88.7 cm³/mol. The average Bonchev–Trinajstić information content (AvgIpc) is 2.48. The van der Waals surface area contributed by atoms with Gasteiger partial charge in [0.2, 0.25) is 0 Å². The van der Waals surface area contributed by atoms with Gasteiger partial charge in [-0.3, -0.25) is 0 Å². The summed E-state index contributed by atoms with van der Waals surface area (Å²) in [4.78, 5) is 0. The van der Waals surface area contributed by atoms with Gasteiger partial charge < -0.3 is 15.2 Å². The fourth-order valence-electron chi connectivity index (χ4n) is 2.16. The van der Waals surface area contributed by atoms with Crippen molar-refractivity contribution in [3.8, 4) is 11.5 Å². The zero-order valence-corrected chi connectivity index (χ0v) is 13.9. The van der Waals surface area contributed by atoms with Crippen molar-refractivity contribution in [2.24, 2.45) is 0 Å². The summed E-state index contributed by atoms with van der Waals surface area (Å²) < 4.78 is 6.98. The smallest absolute Gasteiger partial charge is 0.124 e. The van der Waals surface area contributed by atoms with Crippen LogP contribution in [0.3, 0.4) is 0 Å². The summed E-state index contributed by atoms with van der Waals surface area (Å²) in [5.74, 6) is 1.14. The Morgan fingerprint density at radius 3 is 2.57 bits per heavy atom. The number of nitrogens with one attached hydrogen (secondary N) is 1. The molecule has 1 atom stereocenters. The lowest BCUT2D eigenvalue weighted by Crippen LogP contribution is -2.18. The standard InChI is InChI=1S/C17H20BrNO2/c1-3-19-12(2)16-10-14(18)6-9-17(16)21-11-13-4-7-15(20)8-5-13/h4-10,12,19-20H,3,11H2,1-2H3. The van der Waals surface area contributed by atoms with E-state index in [-0.39, 0.29) is 11.8 Å². The highest BCUT2D eigenvalue weighted by Crippen LogP contribution is 2.29. The number of hydrogen-bond acceptors (Lipinski definition) is 3. The SMILES string of the molecule is CCNC(C)c1cc(Br)ccc1OCc1ccc(O)cc1. The molecule has 0 aliphatic carbocycles. The normalized spacial score (nSPS) is 12.1. The van der Waals surface area contributed by atoms with E-state index < -0.39 is 0 Å². The van der Waals surface area contributed by atoms with Crippen molar-refractivity contribution in [3.05, 3.63) is 58.1 Å². The summed E-state index contributed by atoms with van der Waals surface area (Å²) in [5.41, 5.74) is 2.16. The molecule has 0 bridgehead atoms. The molecule has 0 amide bonds. The minimum atomic E-state index is 0.224. The number of ether oxygens (including phenoxy) is 1. The first kappa shape index (κ1) is 15.9. The Balaban J connectivity index is 2.13. The third-order valence-electron chi connectivity index (χ3n) is 3.28. The highest BCUT2D eigenvalue weighted by Gasteiger charge is 2.11. The van der Waals surface area contributed by atoms with Gasteiger partial charge >= 0.3 is 0 Å². The topological polar surface area (TPSA) is 41.5 Å². The van der Waals surface area contributed by atoms with Gasteiger partial charge in [0.15, 0.2) is 0 Å². The Morgan fingerprint density at radius 1 is 1.19 bits per heavy atom. The van der Waals surface area contributed by atoms with Crippen molar-refractivity contribution in [1.29, 1.82) is 0 Å². The number of aromatic hydroxyl groups is 1. The monoisotopic (exact) mass is 349 g/mol. The molecule has 2 N–H and O–H groups in total. The van der Waals surface area contributed by atoms with E-state index in [0.29, 0.717) is 6.61 Å². The van der Waals surface area contributed by atoms with Crippen LogP contribution < -0.4 is 10.1 Å². The molecule has 1 unspecified atom stereocenters. The molecule has 2 aromatic carbocycles. The van der Waals surface area contributed by atoms with Crippen LogP contribution in [0.2, 0.25) is 0 Å². The summed E-state index contributed by atoms with van der Waals surface area (Å²) in [7, 11) is 0. The zero-order valence-electron chi connectivity index (χ0n) is 12.3. The molecule has 0 fully saturated rings. The van der Waals surface area contributed by atoms with E-state index in [1.165, 1.54) is 0 Å². The first-order valence-electron chi connectivity index (χ1n) is 7.03. The lowest BCUT2D eigenvalue weighted by Gasteiger charge is -2.18. The fraction of sp³-hybridized carbons (Fsp3) is 0.294. The van der Waals surface area contributed by atoms with Crippen LogP contribution in [0.1, 0.15) is 31.0 Å². The maximum atomic E-state index is 9.29. The van der Waals surface area contributed by atoms with Crippen LogP contribution in [0.4, 0.5) is 0 Å². The number of phenolic OH excluding ortho intramolecular Hbond substituents is 1. The summed E-state index contributed by atoms with van der Waals surface area (Å²) in [5, 5.41) is 12.7. The lowest BCUT2D eigenvalue weighted by molar-refractivity contribution is 0.299. The largest absolute Gasteiger partial charge is 0.508 e. The quantitative estimate of drug-likeness (QED) is 0.811. The van der Waals surface area contributed by atoms with Gasteiger partial charge in [-0.15, -0.1) is 0 Å². The van der Waals surface area contributed by atoms with E-state index in [4.69, 9.17) is 4.74 Å². The van der Waals surface area contributed by atoms with E-state index in [9.17, 15) is 5.11 Å². The van der Waals surface area contributed by atoms with E-state index in [0.717, 1.165) is 27.9 Å². The minimum Gasteiger partial charge on any atom is -0.508 e. The van der Waals surface area contributed by atoms with Crippen molar-refractivity contribution in [2.75, 3.05) is 6.54 Å². The predicted octanol–water partition coefficient (Wildman–Crippen LogP) is 4.40. The van der Waals surface area contributed by atoms with Gasteiger partial charge in [0.25, 0.3) is 0 Å². The maximum Gasteiger partial charge on any atom is 0.124 e. The Bertz CT molecular complexity index is 584. The van der Waals surface area contributed by atoms with E-state index in [1.54, 1.807) is 12.1 Å². The number of halogens is 1. The molecule has 0 spiro atoms. The molecule has 0 radical (unpaired) electrons. The molecular formula is C17H20BrNO2. The Hall–Kier alpha value is -1.52. The van der Waals surface area contributed by atoms with Crippen molar-refractivity contribution >= 4 is 15.9 Å². The van der Waals surface area contributed by atoms with E-state index >= 15 is 0 Å². The number of phenols is 1. The van der Waals surface area contributed by atoms with Crippen molar-refractivity contribution < 1.29 is 9.84 Å². The third-order valence-corrected chi connectivity index (χ3v) is 3.77. The Morgan fingerprint density at radius 2 is 1.90 bits per heavy atom. The van der Waals surface area contributed by atoms with Crippen molar-refractivity contribution in [3.63, 3.8) is 0 Å². The highest BCUT2D eigenvalue weighted by atomic mass is 79.9. The minimum absolute atomic E-state index is 0.224. The second-order valence-corrected chi connectivity index (χ2v) is 5.83. The molecule has 3 nitrogen and oxygen atoms in total. The van der Waals surface area contributed by atoms with Crippen LogP contribution in [0.25, 0.3) is 0 Å². The molecule has 0 aliphatic rings. The average molecular weight is 350 g/mol. The van der Waals surface area contributed by atoms with Crippen LogP contribution in [0.5, 0.6) is 11.5 Å². The van der Waals surface area contributed by atoms with Gasteiger partial charge in [0.1, 0.15) is 18.1 Å². The van der Waals surface area contributed by atoms with Crippen LogP contribution in [-0.2, 0) is 6.61 Å². The van der Waals surface area contributed by atoms with Gasteiger partial charge in [0.05, 0.1) is 0 Å².